The molecule has 1 aliphatic heterocycles. The average molecular weight is 282 g/mol. The van der Waals surface area contributed by atoms with E-state index in [2.05, 4.69) is 15.5 Å². The van der Waals surface area contributed by atoms with Gasteiger partial charge < -0.3 is 19.8 Å². The maximum absolute atomic E-state index is 11.9. The molecule has 0 bridgehead atoms. The smallest absolute Gasteiger partial charge is 0.317 e. The number of carbonyl (C=O) groups excluding carboxylic acids is 1. The molecule has 8 heteroatoms. The Balaban J connectivity index is 1.65. The molecular formula is C12H18N4O4. The molecule has 1 aliphatic rings. The molecule has 1 aromatic rings. The number of carboxylic acids is 1. The molecule has 0 spiro atoms. The van der Waals surface area contributed by atoms with E-state index in [-0.39, 0.29) is 18.4 Å². The van der Waals surface area contributed by atoms with Gasteiger partial charge in [0.25, 0.3) is 0 Å². The molecular weight excluding hydrogens is 264 g/mol. The van der Waals surface area contributed by atoms with Gasteiger partial charge in [-0.1, -0.05) is 5.16 Å². The fraction of sp³-hybridized carbons (Fsp3) is 0.667. The third-order valence-electron chi connectivity index (χ3n) is 3.36. The maximum atomic E-state index is 11.9. The predicted octanol–water partition coefficient (Wildman–Crippen LogP) is 0.508. The minimum atomic E-state index is -0.785. The SMILES string of the molecule is O=C(O)CCC1CCN(C(=O)NCCc2ncno2)C1. The molecule has 110 valence electrons. The number of aliphatic carboxylic acids is 1. The standard InChI is InChI=1S/C12H18N4O4/c17-11(18)2-1-9-4-6-16(7-9)12(19)13-5-3-10-14-8-15-20-10/h8-9H,1-7H2,(H,13,19)(H,17,18). The molecule has 1 aromatic heterocycles. The van der Waals surface area contributed by atoms with Crippen LogP contribution in [-0.4, -0.2) is 51.8 Å². The zero-order valence-electron chi connectivity index (χ0n) is 11.1. The lowest BCUT2D eigenvalue weighted by molar-refractivity contribution is -0.137. The molecule has 2 N–H and O–H groups in total. The molecule has 0 aromatic carbocycles. The Kier molecular flexibility index (Phi) is 4.91. The minimum Gasteiger partial charge on any atom is -0.481 e. The molecule has 1 saturated heterocycles. The van der Waals surface area contributed by atoms with Crippen molar-refractivity contribution < 1.29 is 19.2 Å². The van der Waals surface area contributed by atoms with Crippen molar-refractivity contribution in [3.05, 3.63) is 12.2 Å². The first-order chi connectivity index (χ1) is 9.65. The quantitative estimate of drug-likeness (QED) is 0.786. The van der Waals surface area contributed by atoms with E-state index in [1.54, 1.807) is 4.90 Å². The van der Waals surface area contributed by atoms with Gasteiger partial charge in [-0.2, -0.15) is 4.98 Å². The minimum absolute atomic E-state index is 0.123. The Labute approximate surface area is 116 Å². The largest absolute Gasteiger partial charge is 0.481 e. The van der Waals surface area contributed by atoms with Crippen molar-refractivity contribution >= 4 is 12.0 Å². The van der Waals surface area contributed by atoms with Crippen LogP contribution in [0.15, 0.2) is 10.9 Å². The van der Waals surface area contributed by atoms with Gasteiger partial charge in [-0.15, -0.1) is 0 Å². The third kappa shape index (κ3) is 4.22. The van der Waals surface area contributed by atoms with E-state index in [1.165, 1.54) is 6.33 Å². The highest BCUT2D eigenvalue weighted by molar-refractivity contribution is 5.74. The fourth-order valence-electron chi connectivity index (χ4n) is 2.27. The van der Waals surface area contributed by atoms with Gasteiger partial charge in [-0.25, -0.2) is 4.79 Å². The highest BCUT2D eigenvalue weighted by Crippen LogP contribution is 2.20. The lowest BCUT2D eigenvalue weighted by Gasteiger charge is -2.16. The van der Waals surface area contributed by atoms with Gasteiger partial charge in [-0.3, -0.25) is 4.79 Å². The first-order valence-corrected chi connectivity index (χ1v) is 6.65. The highest BCUT2D eigenvalue weighted by atomic mass is 16.5. The maximum Gasteiger partial charge on any atom is 0.317 e. The Morgan fingerprint density at radius 3 is 3.10 bits per heavy atom. The van der Waals surface area contributed by atoms with Gasteiger partial charge in [0.1, 0.15) is 0 Å². The summed E-state index contributed by atoms with van der Waals surface area (Å²) in [6.07, 6.45) is 3.48. The first-order valence-electron chi connectivity index (χ1n) is 6.65. The monoisotopic (exact) mass is 282 g/mol. The van der Waals surface area contributed by atoms with Crippen LogP contribution in [-0.2, 0) is 11.2 Å². The molecule has 1 atom stereocenters. The number of nitrogens with one attached hydrogen (secondary N) is 1. The molecule has 1 fully saturated rings. The summed E-state index contributed by atoms with van der Waals surface area (Å²) in [6.45, 7) is 1.74. The Bertz CT molecular complexity index is 448. The van der Waals surface area contributed by atoms with E-state index < -0.39 is 5.97 Å². The molecule has 2 heterocycles. The van der Waals surface area contributed by atoms with Crippen molar-refractivity contribution in [3.63, 3.8) is 0 Å². The van der Waals surface area contributed by atoms with Gasteiger partial charge in [0, 0.05) is 32.5 Å². The Morgan fingerprint density at radius 1 is 1.55 bits per heavy atom. The number of hydrogen-bond donors (Lipinski definition) is 2. The third-order valence-corrected chi connectivity index (χ3v) is 3.36. The summed E-state index contributed by atoms with van der Waals surface area (Å²) in [4.78, 5) is 28.0. The number of carboxylic acid groups (broad SMARTS) is 1. The van der Waals surface area contributed by atoms with Crippen LogP contribution in [0.4, 0.5) is 4.79 Å². The summed E-state index contributed by atoms with van der Waals surface area (Å²) in [6, 6.07) is -0.123. The second kappa shape index (κ2) is 6.88. The number of rotatable bonds is 6. The zero-order chi connectivity index (χ0) is 14.4. The Hall–Kier alpha value is -2.12. The second-order valence-corrected chi connectivity index (χ2v) is 4.85. The molecule has 20 heavy (non-hydrogen) atoms. The van der Waals surface area contributed by atoms with Gasteiger partial charge in [0.15, 0.2) is 6.33 Å². The van der Waals surface area contributed by atoms with Gasteiger partial charge in [0.05, 0.1) is 0 Å². The van der Waals surface area contributed by atoms with Crippen LogP contribution in [0.25, 0.3) is 0 Å². The molecule has 0 aliphatic carbocycles. The van der Waals surface area contributed by atoms with Gasteiger partial charge in [-0.05, 0) is 18.8 Å². The number of likely N-dealkylation sites (tertiary alicyclic amines) is 1. The van der Waals surface area contributed by atoms with Crippen LogP contribution in [0.2, 0.25) is 0 Å². The summed E-state index contributed by atoms with van der Waals surface area (Å²) < 4.78 is 4.83. The molecule has 0 saturated carbocycles. The average Bonchev–Trinajstić information content (AvgIpc) is 3.07. The van der Waals surface area contributed by atoms with Crippen LogP contribution in [0.3, 0.4) is 0 Å². The molecule has 8 nitrogen and oxygen atoms in total. The summed E-state index contributed by atoms with van der Waals surface area (Å²) in [7, 11) is 0. The summed E-state index contributed by atoms with van der Waals surface area (Å²) in [5.74, 6) is -0.00805. The lowest BCUT2D eigenvalue weighted by atomic mass is 10.0. The number of amides is 2. The van der Waals surface area contributed by atoms with Crippen LogP contribution >= 0.6 is 0 Å². The van der Waals surface area contributed by atoms with Crippen LogP contribution in [0, 0.1) is 5.92 Å². The van der Waals surface area contributed by atoms with E-state index in [0.29, 0.717) is 38.4 Å². The number of carbonyl (C=O) groups is 2. The normalized spacial score (nSPS) is 18.2. The molecule has 0 radical (unpaired) electrons. The summed E-state index contributed by atoms with van der Waals surface area (Å²) in [5.41, 5.74) is 0. The van der Waals surface area contributed by atoms with E-state index >= 15 is 0 Å². The number of nitrogens with zero attached hydrogens (tertiary/aromatic N) is 3. The van der Waals surface area contributed by atoms with Gasteiger partial charge >= 0.3 is 12.0 Å². The molecule has 1 unspecified atom stereocenters. The second-order valence-electron chi connectivity index (χ2n) is 4.85. The zero-order valence-corrected chi connectivity index (χ0v) is 11.1. The van der Waals surface area contributed by atoms with Crippen LogP contribution < -0.4 is 5.32 Å². The predicted molar refractivity (Wildman–Crippen MR) is 68.0 cm³/mol. The first kappa shape index (κ1) is 14.3. The number of aromatic nitrogens is 2. The van der Waals surface area contributed by atoms with Crippen LogP contribution in [0.1, 0.15) is 25.2 Å². The summed E-state index contributed by atoms with van der Waals surface area (Å²) >= 11 is 0. The Morgan fingerprint density at radius 2 is 2.40 bits per heavy atom. The van der Waals surface area contributed by atoms with Gasteiger partial charge in [0.2, 0.25) is 5.89 Å². The van der Waals surface area contributed by atoms with E-state index in [9.17, 15) is 9.59 Å². The topological polar surface area (TPSA) is 109 Å². The summed E-state index contributed by atoms with van der Waals surface area (Å²) in [5, 5.41) is 14.9. The highest BCUT2D eigenvalue weighted by Gasteiger charge is 2.26. The van der Waals surface area contributed by atoms with Crippen molar-refractivity contribution in [2.24, 2.45) is 5.92 Å². The van der Waals surface area contributed by atoms with E-state index in [0.717, 1.165) is 6.42 Å². The number of urea groups is 1. The van der Waals surface area contributed by atoms with Crippen LogP contribution in [0.5, 0.6) is 0 Å². The fourth-order valence-corrected chi connectivity index (χ4v) is 2.27. The molecule has 2 rings (SSSR count). The van der Waals surface area contributed by atoms with Crippen molar-refractivity contribution in [1.29, 1.82) is 0 Å². The molecule has 2 amide bonds. The van der Waals surface area contributed by atoms with E-state index in [1.807, 2.05) is 0 Å². The van der Waals surface area contributed by atoms with Crippen molar-refractivity contribution in [3.8, 4) is 0 Å². The van der Waals surface area contributed by atoms with Crippen molar-refractivity contribution in [1.82, 2.24) is 20.4 Å². The van der Waals surface area contributed by atoms with Crippen molar-refractivity contribution in [2.75, 3.05) is 19.6 Å². The van der Waals surface area contributed by atoms with E-state index in [4.69, 9.17) is 9.63 Å². The van der Waals surface area contributed by atoms with Crippen molar-refractivity contribution in [2.45, 2.75) is 25.7 Å². The number of hydrogen-bond acceptors (Lipinski definition) is 5. The lowest BCUT2D eigenvalue weighted by Crippen LogP contribution is -2.39.